The third-order valence-corrected chi connectivity index (χ3v) is 5.85. The summed E-state index contributed by atoms with van der Waals surface area (Å²) in [4.78, 5) is 0.276. The number of aryl methyl sites for hydroxylation is 1. The molecule has 5 heteroatoms. The van der Waals surface area contributed by atoms with Crippen LogP contribution in [0.5, 0.6) is 0 Å². The molecule has 1 atom stereocenters. The van der Waals surface area contributed by atoms with Crippen LogP contribution in [0, 0.1) is 6.92 Å². The fraction of sp³-hybridized carbons (Fsp3) is 0.368. The first kappa shape index (κ1) is 16.8. The van der Waals surface area contributed by atoms with Gasteiger partial charge >= 0.3 is 0 Å². The van der Waals surface area contributed by atoms with E-state index in [1.54, 1.807) is 24.3 Å². The van der Waals surface area contributed by atoms with Gasteiger partial charge in [-0.2, -0.15) is 0 Å². The summed E-state index contributed by atoms with van der Waals surface area (Å²) in [7, 11) is -3.57. The van der Waals surface area contributed by atoms with Crippen molar-refractivity contribution < 1.29 is 8.42 Å². The maximum absolute atomic E-state index is 12.5. The highest BCUT2D eigenvalue weighted by Crippen LogP contribution is 2.39. The van der Waals surface area contributed by atoms with E-state index < -0.39 is 10.0 Å². The predicted octanol–water partition coefficient (Wildman–Crippen LogP) is 4.49. The summed E-state index contributed by atoms with van der Waals surface area (Å²) >= 11 is 0. The number of anilines is 2. The number of benzene rings is 2. The Morgan fingerprint density at radius 3 is 2.46 bits per heavy atom. The lowest BCUT2D eigenvalue weighted by molar-refractivity contribution is 0.454. The summed E-state index contributed by atoms with van der Waals surface area (Å²) in [6.07, 6.45) is 1.01. The van der Waals surface area contributed by atoms with Crippen LogP contribution in [0.15, 0.2) is 47.4 Å². The van der Waals surface area contributed by atoms with Crippen molar-refractivity contribution in [2.75, 3.05) is 10.0 Å². The summed E-state index contributed by atoms with van der Waals surface area (Å²) in [6, 6.07) is 12.6. The summed E-state index contributed by atoms with van der Waals surface area (Å²) in [5.41, 5.74) is 3.92. The van der Waals surface area contributed by atoms with Crippen LogP contribution < -0.4 is 10.0 Å². The molecule has 128 valence electrons. The van der Waals surface area contributed by atoms with Gasteiger partial charge in [0.15, 0.2) is 0 Å². The Hall–Kier alpha value is -2.01. The largest absolute Gasteiger partial charge is 0.380 e. The van der Waals surface area contributed by atoms with Crippen LogP contribution >= 0.6 is 0 Å². The molecule has 0 bridgehead atoms. The van der Waals surface area contributed by atoms with Crippen molar-refractivity contribution in [3.05, 3.63) is 53.6 Å². The Morgan fingerprint density at radius 2 is 1.79 bits per heavy atom. The second kappa shape index (κ2) is 5.81. The van der Waals surface area contributed by atoms with E-state index in [0.29, 0.717) is 11.6 Å². The van der Waals surface area contributed by atoms with Gasteiger partial charge in [-0.25, -0.2) is 8.42 Å². The van der Waals surface area contributed by atoms with E-state index in [0.717, 1.165) is 23.2 Å². The number of nitrogens with one attached hydrogen (secondary N) is 2. The lowest BCUT2D eigenvalue weighted by Gasteiger charge is -2.37. The monoisotopic (exact) mass is 344 g/mol. The molecular weight excluding hydrogens is 320 g/mol. The Labute approximate surface area is 144 Å². The predicted molar refractivity (Wildman–Crippen MR) is 99.2 cm³/mol. The standard InChI is InChI=1S/C19H24N2O2S/c1-13-5-8-16(9-6-13)24(22,23)21-15-7-10-18-17(11-15)14(2)12-19(3,4)20-18/h5-11,14,20-21H,12H2,1-4H3. The normalized spacial score (nSPS) is 19.2. The van der Waals surface area contributed by atoms with Crippen LogP contribution in [0.1, 0.15) is 44.2 Å². The molecule has 1 unspecified atom stereocenters. The Balaban J connectivity index is 1.89. The lowest BCUT2D eigenvalue weighted by Crippen LogP contribution is -2.36. The molecule has 0 radical (unpaired) electrons. The number of rotatable bonds is 3. The first-order valence-corrected chi connectivity index (χ1v) is 9.66. The van der Waals surface area contributed by atoms with Gasteiger partial charge in [0, 0.05) is 16.9 Å². The van der Waals surface area contributed by atoms with Gasteiger partial charge in [-0.15, -0.1) is 0 Å². The summed E-state index contributed by atoms with van der Waals surface area (Å²) in [5, 5.41) is 3.52. The molecule has 24 heavy (non-hydrogen) atoms. The van der Waals surface area contributed by atoms with Crippen LogP contribution in [0.3, 0.4) is 0 Å². The van der Waals surface area contributed by atoms with E-state index in [4.69, 9.17) is 0 Å². The number of sulfonamides is 1. The molecule has 0 amide bonds. The zero-order valence-corrected chi connectivity index (χ0v) is 15.4. The minimum absolute atomic E-state index is 0.0509. The third-order valence-electron chi connectivity index (χ3n) is 4.46. The molecule has 2 aromatic carbocycles. The van der Waals surface area contributed by atoms with Gasteiger partial charge < -0.3 is 5.32 Å². The van der Waals surface area contributed by atoms with Crippen LogP contribution in [-0.2, 0) is 10.0 Å². The van der Waals surface area contributed by atoms with Gasteiger partial charge in [-0.3, -0.25) is 4.72 Å². The fourth-order valence-corrected chi connectivity index (χ4v) is 4.42. The topological polar surface area (TPSA) is 58.2 Å². The van der Waals surface area contributed by atoms with E-state index >= 15 is 0 Å². The van der Waals surface area contributed by atoms with Crippen LogP contribution in [-0.4, -0.2) is 14.0 Å². The van der Waals surface area contributed by atoms with Gasteiger partial charge in [0.25, 0.3) is 10.0 Å². The highest BCUT2D eigenvalue weighted by atomic mass is 32.2. The lowest BCUT2D eigenvalue weighted by atomic mass is 9.82. The molecular formula is C19H24N2O2S. The van der Waals surface area contributed by atoms with Crippen molar-refractivity contribution in [1.82, 2.24) is 0 Å². The smallest absolute Gasteiger partial charge is 0.261 e. The molecule has 4 nitrogen and oxygen atoms in total. The Bertz CT molecular complexity index is 855. The van der Waals surface area contributed by atoms with Crippen LogP contribution in [0.2, 0.25) is 0 Å². The molecule has 1 aliphatic heterocycles. The maximum Gasteiger partial charge on any atom is 0.261 e. The van der Waals surface area contributed by atoms with E-state index in [9.17, 15) is 8.42 Å². The molecule has 0 aliphatic carbocycles. The van der Waals surface area contributed by atoms with Crippen molar-refractivity contribution in [1.29, 1.82) is 0 Å². The number of hydrogen-bond donors (Lipinski definition) is 2. The first-order chi connectivity index (χ1) is 11.2. The molecule has 0 saturated carbocycles. The molecule has 3 rings (SSSR count). The zero-order chi connectivity index (χ0) is 17.5. The Morgan fingerprint density at radius 1 is 1.12 bits per heavy atom. The molecule has 0 spiro atoms. The highest BCUT2D eigenvalue weighted by molar-refractivity contribution is 7.92. The van der Waals surface area contributed by atoms with E-state index in [-0.39, 0.29) is 10.4 Å². The average molecular weight is 344 g/mol. The first-order valence-electron chi connectivity index (χ1n) is 8.18. The van der Waals surface area contributed by atoms with Gasteiger partial charge in [-0.1, -0.05) is 24.6 Å². The maximum atomic E-state index is 12.5. The highest BCUT2D eigenvalue weighted by Gasteiger charge is 2.29. The molecule has 2 aromatic rings. The van der Waals surface area contributed by atoms with Crippen molar-refractivity contribution in [3.63, 3.8) is 0 Å². The summed E-state index contributed by atoms with van der Waals surface area (Å²) in [6.45, 7) is 8.48. The van der Waals surface area contributed by atoms with Gasteiger partial charge in [0.1, 0.15) is 0 Å². The average Bonchev–Trinajstić information content (AvgIpc) is 2.47. The third kappa shape index (κ3) is 3.41. The second-order valence-electron chi connectivity index (χ2n) is 7.33. The Kier molecular flexibility index (Phi) is 4.08. The van der Waals surface area contributed by atoms with Crippen LogP contribution in [0.25, 0.3) is 0 Å². The summed E-state index contributed by atoms with van der Waals surface area (Å²) in [5.74, 6) is 0.375. The SMILES string of the molecule is Cc1ccc(S(=O)(=O)Nc2ccc3c(c2)C(C)CC(C)(C)N3)cc1. The molecule has 2 N–H and O–H groups in total. The second-order valence-corrected chi connectivity index (χ2v) is 9.02. The van der Waals surface area contributed by atoms with Crippen molar-refractivity contribution >= 4 is 21.4 Å². The molecule has 0 saturated heterocycles. The fourth-order valence-electron chi connectivity index (χ4n) is 3.37. The molecule has 0 fully saturated rings. The molecule has 1 heterocycles. The van der Waals surface area contributed by atoms with Crippen LogP contribution in [0.4, 0.5) is 11.4 Å². The van der Waals surface area contributed by atoms with E-state index in [2.05, 4.69) is 30.8 Å². The summed E-state index contributed by atoms with van der Waals surface area (Å²) < 4.78 is 27.8. The van der Waals surface area contributed by atoms with Gasteiger partial charge in [-0.05, 0) is 69.0 Å². The molecule has 0 aromatic heterocycles. The minimum Gasteiger partial charge on any atom is -0.380 e. The quantitative estimate of drug-likeness (QED) is 0.862. The van der Waals surface area contributed by atoms with Gasteiger partial charge in [0.2, 0.25) is 0 Å². The van der Waals surface area contributed by atoms with Gasteiger partial charge in [0.05, 0.1) is 4.90 Å². The van der Waals surface area contributed by atoms with E-state index in [1.807, 2.05) is 25.1 Å². The van der Waals surface area contributed by atoms with Crippen molar-refractivity contribution in [2.24, 2.45) is 0 Å². The number of hydrogen-bond acceptors (Lipinski definition) is 3. The van der Waals surface area contributed by atoms with Crippen molar-refractivity contribution in [2.45, 2.75) is 50.5 Å². The van der Waals surface area contributed by atoms with E-state index in [1.165, 1.54) is 0 Å². The zero-order valence-electron chi connectivity index (χ0n) is 14.6. The van der Waals surface area contributed by atoms with Crippen molar-refractivity contribution in [3.8, 4) is 0 Å². The minimum atomic E-state index is -3.57. The molecule has 1 aliphatic rings. The number of fused-ring (bicyclic) bond motifs is 1.